The van der Waals surface area contributed by atoms with Gasteiger partial charge in [-0.2, -0.15) is 13.2 Å². The van der Waals surface area contributed by atoms with E-state index in [1.54, 1.807) is 0 Å². The molecule has 0 bridgehead atoms. The first-order valence-corrected chi connectivity index (χ1v) is 3.32. The van der Waals surface area contributed by atoms with Crippen molar-refractivity contribution in [1.29, 1.82) is 0 Å². The zero-order valence-corrected chi connectivity index (χ0v) is 6.06. The molecule has 0 aliphatic carbocycles. The van der Waals surface area contributed by atoms with Gasteiger partial charge in [0.25, 0.3) is 0 Å². The molecule has 1 aliphatic heterocycles. The molecule has 0 radical (unpaired) electrons. The topological polar surface area (TPSA) is 29.4 Å². The Bertz CT molecular complexity index is 252. The van der Waals surface area contributed by atoms with Crippen molar-refractivity contribution >= 4 is 12.0 Å². The number of carbonyl (C=O) groups is 1. The normalized spacial score (nSPS) is 18.2. The number of rotatable bonds is 1. The lowest BCUT2D eigenvalue weighted by Gasteiger charge is -2.13. The van der Waals surface area contributed by atoms with Gasteiger partial charge in [-0.1, -0.05) is 0 Å². The predicted molar refractivity (Wildman–Crippen MR) is 36.9 cm³/mol. The average molecular weight is 177 g/mol. The van der Waals surface area contributed by atoms with Crippen LogP contribution in [0.5, 0.6) is 0 Å². The number of allylic oxidation sites excluding steroid dienone is 1. The lowest BCUT2D eigenvalue weighted by Crippen LogP contribution is -2.16. The monoisotopic (exact) mass is 177 g/mol. The molecule has 0 unspecified atom stereocenters. The lowest BCUT2D eigenvalue weighted by molar-refractivity contribution is -0.103. The van der Waals surface area contributed by atoms with E-state index in [-0.39, 0.29) is 18.6 Å². The molecule has 0 amide bonds. The van der Waals surface area contributed by atoms with Crippen LogP contribution in [0.3, 0.4) is 0 Å². The van der Waals surface area contributed by atoms with Crippen LogP contribution in [0, 0.1) is 0 Å². The third kappa shape index (κ3) is 1.93. The Balaban J connectivity index is 2.79. The van der Waals surface area contributed by atoms with Gasteiger partial charge >= 0.3 is 6.18 Å². The van der Waals surface area contributed by atoms with Crippen LogP contribution < -0.4 is 0 Å². The second-order valence-electron chi connectivity index (χ2n) is 2.39. The number of hydrogen-bond donors (Lipinski definition) is 0. The standard InChI is InChI=1S/C7H6F3NO/c8-7(9,10)5-1-2-6(4-12)11-3-5/h3-4H,1-2H2. The summed E-state index contributed by atoms with van der Waals surface area (Å²) in [6, 6.07) is 0. The predicted octanol–water partition coefficient (Wildman–Crippen LogP) is 1.87. The van der Waals surface area contributed by atoms with Gasteiger partial charge in [0.1, 0.15) is 0 Å². The molecular formula is C7H6F3NO. The van der Waals surface area contributed by atoms with Crippen molar-refractivity contribution < 1.29 is 18.0 Å². The van der Waals surface area contributed by atoms with E-state index in [0.717, 1.165) is 0 Å². The third-order valence-corrected chi connectivity index (χ3v) is 1.54. The van der Waals surface area contributed by atoms with Crippen LogP contribution in [0.4, 0.5) is 13.2 Å². The number of nitrogens with zero attached hydrogens (tertiary/aromatic N) is 1. The second-order valence-corrected chi connectivity index (χ2v) is 2.39. The molecule has 0 aromatic rings. The minimum Gasteiger partial charge on any atom is -0.297 e. The van der Waals surface area contributed by atoms with Crippen molar-refractivity contribution in [2.45, 2.75) is 19.0 Å². The highest BCUT2D eigenvalue weighted by atomic mass is 19.4. The largest absolute Gasteiger partial charge is 0.414 e. The molecule has 2 nitrogen and oxygen atoms in total. The Morgan fingerprint density at radius 2 is 2.08 bits per heavy atom. The first-order valence-electron chi connectivity index (χ1n) is 3.32. The van der Waals surface area contributed by atoms with E-state index in [1.807, 2.05) is 0 Å². The molecule has 0 saturated heterocycles. The maximum Gasteiger partial charge on any atom is 0.414 e. The van der Waals surface area contributed by atoms with Crippen molar-refractivity contribution in [3.8, 4) is 0 Å². The molecular weight excluding hydrogens is 171 g/mol. The van der Waals surface area contributed by atoms with Crippen LogP contribution in [0.15, 0.2) is 16.8 Å². The Morgan fingerprint density at radius 1 is 1.42 bits per heavy atom. The molecule has 0 aromatic heterocycles. The van der Waals surface area contributed by atoms with Gasteiger partial charge in [0.15, 0.2) is 6.29 Å². The summed E-state index contributed by atoms with van der Waals surface area (Å²) in [6.45, 7) is 0. The van der Waals surface area contributed by atoms with Gasteiger partial charge in [-0.3, -0.25) is 9.79 Å². The van der Waals surface area contributed by atoms with Crippen LogP contribution in [-0.2, 0) is 4.79 Å². The fourth-order valence-electron chi connectivity index (χ4n) is 0.857. The first-order chi connectivity index (χ1) is 5.54. The van der Waals surface area contributed by atoms with Crippen LogP contribution in [0.2, 0.25) is 0 Å². The Morgan fingerprint density at radius 3 is 2.42 bits per heavy atom. The van der Waals surface area contributed by atoms with Crippen molar-refractivity contribution in [3.63, 3.8) is 0 Å². The summed E-state index contributed by atoms with van der Waals surface area (Å²) in [5, 5.41) is 0. The number of aliphatic imine (C=N–C) groups is 1. The van der Waals surface area contributed by atoms with E-state index < -0.39 is 11.7 Å². The highest BCUT2D eigenvalue weighted by Crippen LogP contribution is 2.30. The average Bonchev–Trinajstić information content (AvgIpc) is 2.03. The molecule has 12 heavy (non-hydrogen) atoms. The smallest absolute Gasteiger partial charge is 0.297 e. The maximum atomic E-state index is 11.9. The molecule has 1 aliphatic rings. The van der Waals surface area contributed by atoms with E-state index in [0.29, 0.717) is 12.5 Å². The summed E-state index contributed by atoms with van der Waals surface area (Å²) in [6.07, 6.45) is -3.19. The summed E-state index contributed by atoms with van der Waals surface area (Å²) in [7, 11) is 0. The Labute approximate surface area is 66.8 Å². The highest BCUT2D eigenvalue weighted by Gasteiger charge is 2.34. The summed E-state index contributed by atoms with van der Waals surface area (Å²) < 4.78 is 35.8. The molecule has 0 N–H and O–H groups in total. The SMILES string of the molecule is O=CC1=NC=C(C(F)(F)F)CC1. The molecule has 0 aromatic carbocycles. The van der Waals surface area contributed by atoms with Crippen molar-refractivity contribution in [1.82, 2.24) is 0 Å². The van der Waals surface area contributed by atoms with Gasteiger partial charge < -0.3 is 0 Å². The maximum absolute atomic E-state index is 11.9. The zero-order valence-electron chi connectivity index (χ0n) is 6.06. The lowest BCUT2D eigenvalue weighted by atomic mass is 10.1. The van der Waals surface area contributed by atoms with E-state index in [2.05, 4.69) is 4.99 Å². The summed E-state index contributed by atoms with van der Waals surface area (Å²) in [4.78, 5) is 13.4. The number of alkyl halides is 3. The third-order valence-electron chi connectivity index (χ3n) is 1.54. The van der Waals surface area contributed by atoms with Gasteiger partial charge in [0.2, 0.25) is 0 Å². The van der Waals surface area contributed by atoms with Gasteiger partial charge in [0.05, 0.1) is 11.3 Å². The molecule has 0 spiro atoms. The second kappa shape index (κ2) is 3.08. The molecule has 1 heterocycles. The number of hydrogen-bond acceptors (Lipinski definition) is 2. The van der Waals surface area contributed by atoms with E-state index in [4.69, 9.17) is 0 Å². The van der Waals surface area contributed by atoms with Crippen LogP contribution in [-0.4, -0.2) is 18.2 Å². The van der Waals surface area contributed by atoms with Gasteiger partial charge in [-0.05, 0) is 12.8 Å². The van der Waals surface area contributed by atoms with Crippen molar-refractivity contribution in [3.05, 3.63) is 11.8 Å². The van der Waals surface area contributed by atoms with E-state index in [1.165, 1.54) is 0 Å². The summed E-state index contributed by atoms with van der Waals surface area (Å²) in [5.74, 6) is 0. The van der Waals surface area contributed by atoms with Crippen LogP contribution in [0.25, 0.3) is 0 Å². The molecule has 0 fully saturated rings. The number of halogens is 3. The molecule has 5 heteroatoms. The van der Waals surface area contributed by atoms with E-state index >= 15 is 0 Å². The minimum absolute atomic E-state index is 0.0782. The Hall–Kier alpha value is -1.13. The molecule has 66 valence electrons. The molecule has 0 saturated carbocycles. The Kier molecular flexibility index (Phi) is 2.30. The van der Waals surface area contributed by atoms with E-state index in [9.17, 15) is 18.0 Å². The number of carbonyl (C=O) groups excluding carboxylic acids is 1. The van der Waals surface area contributed by atoms with Gasteiger partial charge in [-0.25, -0.2) is 0 Å². The van der Waals surface area contributed by atoms with Crippen LogP contribution in [0.1, 0.15) is 12.8 Å². The number of aldehydes is 1. The fourth-order valence-corrected chi connectivity index (χ4v) is 0.857. The van der Waals surface area contributed by atoms with Crippen molar-refractivity contribution in [2.75, 3.05) is 0 Å². The van der Waals surface area contributed by atoms with Gasteiger partial charge in [-0.15, -0.1) is 0 Å². The minimum atomic E-state index is -4.31. The first kappa shape index (κ1) is 8.96. The van der Waals surface area contributed by atoms with Crippen molar-refractivity contribution in [2.24, 2.45) is 4.99 Å². The highest BCUT2D eigenvalue weighted by molar-refractivity contribution is 6.28. The summed E-state index contributed by atoms with van der Waals surface area (Å²) >= 11 is 0. The summed E-state index contributed by atoms with van der Waals surface area (Å²) in [5.41, 5.74) is -0.504. The zero-order chi connectivity index (χ0) is 9.19. The molecule has 1 rings (SSSR count). The molecule has 0 atom stereocenters. The fraction of sp³-hybridized carbons (Fsp3) is 0.429. The van der Waals surface area contributed by atoms with Crippen LogP contribution >= 0.6 is 0 Å². The van der Waals surface area contributed by atoms with Gasteiger partial charge in [0, 0.05) is 6.20 Å². The quantitative estimate of drug-likeness (QED) is 0.562.